The van der Waals surface area contributed by atoms with Gasteiger partial charge in [0, 0.05) is 16.8 Å². The van der Waals surface area contributed by atoms with Gasteiger partial charge in [-0.3, -0.25) is 4.79 Å². The normalized spacial score (nSPS) is 9.31. The van der Waals surface area contributed by atoms with E-state index >= 15 is 0 Å². The number of aryl methyl sites for hydroxylation is 1. The lowest BCUT2D eigenvalue weighted by atomic mass is 10.4. The molecule has 1 heterocycles. The van der Waals surface area contributed by atoms with E-state index in [1.54, 1.807) is 18.4 Å². The first kappa shape index (κ1) is 9.82. The number of terminal acetylenes is 1. The summed E-state index contributed by atoms with van der Waals surface area (Å²) in [6, 6.07) is 4.05. The third-order valence-electron chi connectivity index (χ3n) is 1.66. The zero-order valence-electron chi connectivity index (χ0n) is 7.70. The van der Waals surface area contributed by atoms with Crippen molar-refractivity contribution in [2.45, 2.75) is 13.5 Å². The predicted octanol–water partition coefficient (Wildman–Crippen LogP) is 1.65. The van der Waals surface area contributed by atoms with Gasteiger partial charge in [-0.1, -0.05) is 0 Å². The van der Waals surface area contributed by atoms with Crippen LogP contribution >= 0.6 is 11.3 Å². The minimum Gasteiger partial charge on any atom is -0.330 e. The van der Waals surface area contributed by atoms with Crippen molar-refractivity contribution in [1.82, 2.24) is 4.90 Å². The lowest BCUT2D eigenvalue weighted by Gasteiger charge is -2.11. The topological polar surface area (TPSA) is 20.3 Å². The lowest BCUT2D eigenvalue weighted by Crippen LogP contribution is -2.23. The molecule has 1 aromatic heterocycles. The van der Waals surface area contributed by atoms with Gasteiger partial charge in [-0.05, 0) is 25.0 Å². The number of carbonyl (C=O) groups is 1. The molecule has 0 bridgehead atoms. The summed E-state index contributed by atoms with van der Waals surface area (Å²) in [5, 5.41) is 0. The second kappa shape index (κ2) is 4.11. The van der Waals surface area contributed by atoms with Crippen molar-refractivity contribution in [1.29, 1.82) is 0 Å². The molecule has 0 spiro atoms. The summed E-state index contributed by atoms with van der Waals surface area (Å²) in [5.41, 5.74) is 0. The number of hydrogen-bond donors (Lipinski definition) is 0. The molecule has 1 aromatic rings. The molecule has 0 fully saturated rings. The average molecular weight is 193 g/mol. The molecule has 0 aliphatic rings. The number of thiophene rings is 1. The van der Waals surface area contributed by atoms with E-state index in [1.165, 1.54) is 9.78 Å². The molecule has 3 heteroatoms. The van der Waals surface area contributed by atoms with Crippen LogP contribution in [0.2, 0.25) is 0 Å². The van der Waals surface area contributed by atoms with Crippen molar-refractivity contribution >= 4 is 17.2 Å². The summed E-state index contributed by atoms with van der Waals surface area (Å²) in [6.45, 7) is 2.64. The Hall–Kier alpha value is -1.27. The maximum Gasteiger partial charge on any atom is 0.298 e. The summed E-state index contributed by atoms with van der Waals surface area (Å²) < 4.78 is 0. The van der Waals surface area contributed by atoms with Crippen LogP contribution in [0.3, 0.4) is 0 Å². The van der Waals surface area contributed by atoms with Crippen molar-refractivity contribution in [2.24, 2.45) is 0 Å². The van der Waals surface area contributed by atoms with E-state index in [-0.39, 0.29) is 5.91 Å². The van der Waals surface area contributed by atoms with Gasteiger partial charge < -0.3 is 4.90 Å². The Kier molecular flexibility index (Phi) is 3.10. The van der Waals surface area contributed by atoms with Crippen molar-refractivity contribution in [3.8, 4) is 12.3 Å². The number of nitrogens with zero attached hydrogens (tertiary/aromatic N) is 1. The molecule has 2 nitrogen and oxygen atoms in total. The average Bonchev–Trinajstić information content (AvgIpc) is 2.49. The Morgan fingerprint density at radius 1 is 1.69 bits per heavy atom. The van der Waals surface area contributed by atoms with Gasteiger partial charge in [0.1, 0.15) is 0 Å². The van der Waals surface area contributed by atoms with E-state index in [0.29, 0.717) is 6.54 Å². The zero-order valence-corrected chi connectivity index (χ0v) is 8.52. The van der Waals surface area contributed by atoms with Crippen LogP contribution in [0.25, 0.3) is 0 Å². The van der Waals surface area contributed by atoms with Gasteiger partial charge >= 0.3 is 0 Å². The molecule has 0 atom stereocenters. The van der Waals surface area contributed by atoms with E-state index in [4.69, 9.17) is 6.42 Å². The monoisotopic (exact) mass is 193 g/mol. The Morgan fingerprint density at radius 2 is 2.38 bits per heavy atom. The van der Waals surface area contributed by atoms with Crippen molar-refractivity contribution in [3.63, 3.8) is 0 Å². The van der Waals surface area contributed by atoms with Gasteiger partial charge in [0.25, 0.3) is 5.91 Å². The third-order valence-corrected chi connectivity index (χ3v) is 2.64. The predicted molar refractivity (Wildman–Crippen MR) is 54.4 cm³/mol. The largest absolute Gasteiger partial charge is 0.330 e. The first-order valence-electron chi connectivity index (χ1n) is 3.90. The minimum atomic E-state index is -0.272. The van der Waals surface area contributed by atoms with E-state index in [9.17, 15) is 4.79 Å². The zero-order chi connectivity index (χ0) is 9.84. The third kappa shape index (κ3) is 2.60. The van der Waals surface area contributed by atoms with Crippen LogP contribution in [0.15, 0.2) is 12.1 Å². The quantitative estimate of drug-likeness (QED) is 0.654. The summed E-state index contributed by atoms with van der Waals surface area (Å²) in [6.07, 6.45) is 4.99. The smallest absolute Gasteiger partial charge is 0.298 e. The highest BCUT2D eigenvalue weighted by Gasteiger charge is 2.06. The Balaban J connectivity index is 2.60. The van der Waals surface area contributed by atoms with E-state index in [2.05, 4.69) is 5.92 Å². The fraction of sp³-hybridized carbons (Fsp3) is 0.300. The van der Waals surface area contributed by atoms with E-state index < -0.39 is 0 Å². The van der Waals surface area contributed by atoms with Crippen molar-refractivity contribution < 1.29 is 4.79 Å². The van der Waals surface area contributed by atoms with Gasteiger partial charge in [-0.15, -0.1) is 17.8 Å². The SMILES string of the molecule is C#CC(=O)N(C)Cc1ccc(C)s1. The molecule has 0 aliphatic heterocycles. The Bertz CT molecular complexity index is 348. The minimum absolute atomic E-state index is 0.272. The number of rotatable bonds is 2. The standard InChI is InChI=1S/C10H11NOS/c1-4-10(12)11(3)7-9-6-5-8(2)13-9/h1,5-6H,7H2,2-3H3. The van der Waals surface area contributed by atoms with Gasteiger partial charge in [0.15, 0.2) is 0 Å². The van der Waals surface area contributed by atoms with E-state index in [1.807, 2.05) is 19.1 Å². The highest BCUT2D eigenvalue weighted by molar-refractivity contribution is 7.11. The molecular formula is C10H11NOS. The molecule has 1 amide bonds. The Labute approximate surface area is 82.2 Å². The van der Waals surface area contributed by atoms with Crippen molar-refractivity contribution in [2.75, 3.05) is 7.05 Å². The molecule has 0 aliphatic carbocycles. The Morgan fingerprint density at radius 3 is 2.85 bits per heavy atom. The molecule has 1 rings (SSSR count). The van der Waals surface area contributed by atoms with Crippen LogP contribution in [0.4, 0.5) is 0 Å². The molecule has 0 saturated carbocycles. The number of hydrogen-bond acceptors (Lipinski definition) is 2. The highest BCUT2D eigenvalue weighted by atomic mass is 32.1. The second-order valence-electron chi connectivity index (χ2n) is 2.82. The number of amides is 1. The van der Waals surface area contributed by atoms with Gasteiger partial charge in [-0.25, -0.2) is 0 Å². The molecule has 0 unspecified atom stereocenters. The number of carbonyl (C=O) groups excluding carboxylic acids is 1. The van der Waals surface area contributed by atoms with E-state index in [0.717, 1.165) is 4.88 Å². The summed E-state index contributed by atoms with van der Waals surface area (Å²) in [4.78, 5) is 15.0. The first-order chi connectivity index (χ1) is 6.13. The lowest BCUT2D eigenvalue weighted by molar-refractivity contribution is -0.124. The molecule has 13 heavy (non-hydrogen) atoms. The summed E-state index contributed by atoms with van der Waals surface area (Å²) >= 11 is 1.68. The van der Waals surface area contributed by atoms with Gasteiger partial charge in [-0.2, -0.15) is 0 Å². The van der Waals surface area contributed by atoms with Crippen LogP contribution in [-0.2, 0) is 11.3 Å². The van der Waals surface area contributed by atoms with Crippen LogP contribution in [0.1, 0.15) is 9.75 Å². The second-order valence-corrected chi connectivity index (χ2v) is 4.19. The summed E-state index contributed by atoms with van der Waals surface area (Å²) in [5.74, 6) is 1.81. The van der Waals surface area contributed by atoms with Gasteiger partial charge in [0.05, 0.1) is 6.54 Å². The van der Waals surface area contributed by atoms with Gasteiger partial charge in [0.2, 0.25) is 0 Å². The molecule has 0 radical (unpaired) electrons. The van der Waals surface area contributed by atoms with Crippen molar-refractivity contribution in [3.05, 3.63) is 21.9 Å². The fourth-order valence-corrected chi connectivity index (χ4v) is 1.93. The first-order valence-corrected chi connectivity index (χ1v) is 4.72. The van der Waals surface area contributed by atoms with Crippen LogP contribution in [-0.4, -0.2) is 17.9 Å². The fourth-order valence-electron chi connectivity index (χ4n) is 0.986. The van der Waals surface area contributed by atoms with Crippen LogP contribution < -0.4 is 0 Å². The maximum atomic E-state index is 11.0. The molecule has 0 N–H and O–H groups in total. The molecule has 68 valence electrons. The highest BCUT2D eigenvalue weighted by Crippen LogP contribution is 2.16. The molecule has 0 saturated heterocycles. The summed E-state index contributed by atoms with van der Waals surface area (Å²) in [7, 11) is 1.71. The molecule has 0 aromatic carbocycles. The van der Waals surface area contributed by atoms with Crippen LogP contribution in [0.5, 0.6) is 0 Å². The molecular weight excluding hydrogens is 182 g/mol. The maximum absolute atomic E-state index is 11.0. The van der Waals surface area contributed by atoms with Crippen LogP contribution in [0, 0.1) is 19.3 Å².